The zero-order chi connectivity index (χ0) is 19.2. The van der Waals surface area contributed by atoms with E-state index in [1.165, 1.54) is 22.3 Å². The van der Waals surface area contributed by atoms with Crippen molar-refractivity contribution in [2.75, 3.05) is 5.32 Å². The van der Waals surface area contributed by atoms with Crippen molar-refractivity contribution in [3.8, 4) is 0 Å². The van der Waals surface area contributed by atoms with E-state index in [0.29, 0.717) is 11.0 Å². The van der Waals surface area contributed by atoms with E-state index in [-0.39, 0.29) is 6.04 Å². The Morgan fingerprint density at radius 2 is 1.44 bits per heavy atom. The molecule has 138 valence electrons. The van der Waals surface area contributed by atoms with Gasteiger partial charge in [-0.05, 0) is 53.9 Å². The number of hydrogen-bond donors (Lipinski definition) is 2. The molecule has 0 aliphatic rings. The zero-order valence-electron chi connectivity index (χ0n) is 16.1. The van der Waals surface area contributed by atoms with E-state index in [0.717, 1.165) is 5.69 Å². The number of thiocarbonyl (C=S) groups is 1. The lowest BCUT2D eigenvalue weighted by Crippen LogP contribution is -2.33. The Hall–Kier alpha value is -2.65. The molecule has 0 aromatic heterocycles. The van der Waals surface area contributed by atoms with Gasteiger partial charge in [-0.15, -0.1) is 0 Å². The van der Waals surface area contributed by atoms with Crippen LogP contribution in [0.25, 0.3) is 0 Å². The Labute approximate surface area is 167 Å². The Kier molecular flexibility index (Phi) is 6.25. The molecule has 3 aromatic carbocycles. The minimum Gasteiger partial charge on any atom is -0.352 e. The van der Waals surface area contributed by atoms with Crippen LogP contribution in [0.4, 0.5) is 5.69 Å². The number of benzene rings is 3. The largest absolute Gasteiger partial charge is 0.352 e. The van der Waals surface area contributed by atoms with Crippen LogP contribution in [0.1, 0.15) is 48.1 Å². The van der Waals surface area contributed by atoms with Gasteiger partial charge < -0.3 is 10.6 Å². The molecular formula is C24H26N2S. The smallest absolute Gasteiger partial charge is 0.171 e. The summed E-state index contributed by atoms with van der Waals surface area (Å²) in [5.41, 5.74) is 5.93. The molecule has 0 radical (unpaired) electrons. The second-order valence-corrected chi connectivity index (χ2v) is 7.54. The number of aryl methyl sites for hydroxylation is 1. The van der Waals surface area contributed by atoms with Crippen LogP contribution in [-0.4, -0.2) is 5.11 Å². The molecule has 0 saturated heterocycles. The maximum atomic E-state index is 5.61. The number of rotatable bonds is 5. The van der Waals surface area contributed by atoms with E-state index in [9.17, 15) is 0 Å². The summed E-state index contributed by atoms with van der Waals surface area (Å²) in [6.07, 6.45) is 0. The van der Waals surface area contributed by atoms with Crippen molar-refractivity contribution in [3.63, 3.8) is 0 Å². The quantitative estimate of drug-likeness (QED) is 0.520. The normalized spacial score (nSPS) is 11.9. The van der Waals surface area contributed by atoms with Gasteiger partial charge in [0.1, 0.15) is 0 Å². The highest BCUT2D eigenvalue weighted by Crippen LogP contribution is 2.23. The zero-order valence-corrected chi connectivity index (χ0v) is 16.9. The molecule has 2 N–H and O–H groups in total. The van der Waals surface area contributed by atoms with Gasteiger partial charge >= 0.3 is 0 Å². The van der Waals surface area contributed by atoms with Crippen LogP contribution < -0.4 is 10.6 Å². The Balaban J connectivity index is 1.78. The molecule has 0 spiro atoms. The number of nitrogens with one attached hydrogen (secondary N) is 2. The monoisotopic (exact) mass is 374 g/mol. The topological polar surface area (TPSA) is 24.1 Å². The SMILES string of the molecule is Cc1cccc([C@@H](NC(=S)Nc2ccc(C(C)C)cc2)c2ccccc2)c1. The molecule has 0 fully saturated rings. The first-order chi connectivity index (χ1) is 13.0. The fraction of sp³-hybridized carbons (Fsp3) is 0.208. The molecule has 0 saturated carbocycles. The van der Waals surface area contributed by atoms with Crippen molar-refractivity contribution in [1.82, 2.24) is 5.32 Å². The molecule has 0 amide bonds. The van der Waals surface area contributed by atoms with Crippen LogP contribution in [0.5, 0.6) is 0 Å². The third kappa shape index (κ3) is 5.18. The second-order valence-electron chi connectivity index (χ2n) is 7.13. The first-order valence-electron chi connectivity index (χ1n) is 9.32. The van der Waals surface area contributed by atoms with Gasteiger partial charge in [0.05, 0.1) is 6.04 Å². The number of anilines is 1. The Morgan fingerprint density at radius 3 is 2.07 bits per heavy atom. The molecule has 1 atom stereocenters. The van der Waals surface area contributed by atoms with Crippen molar-refractivity contribution < 1.29 is 0 Å². The van der Waals surface area contributed by atoms with Gasteiger partial charge in [-0.1, -0.05) is 86.1 Å². The molecule has 0 heterocycles. The van der Waals surface area contributed by atoms with Crippen LogP contribution >= 0.6 is 12.2 Å². The molecule has 0 bridgehead atoms. The van der Waals surface area contributed by atoms with Crippen LogP contribution in [0.3, 0.4) is 0 Å². The summed E-state index contributed by atoms with van der Waals surface area (Å²) in [5, 5.41) is 7.41. The first-order valence-corrected chi connectivity index (χ1v) is 9.73. The van der Waals surface area contributed by atoms with Crippen LogP contribution in [0.2, 0.25) is 0 Å². The number of hydrogen-bond acceptors (Lipinski definition) is 1. The first kappa shape index (κ1) is 19.1. The molecule has 0 unspecified atom stereocenters. The van der Waals surface area contributed by atoms with E-state index in [4.69, 9.17) is 12.2 Å². The van der Waals surface area contributed by atoms with Crippen molar-refractivity contribution in [1.29, 1.82) is 0 Å². The predicted octanol–water partition coefficient (Wildman–Crippen LogP) is 6.19. The van der Waals surface area contributed by atoms with Crippen LogP contribution in [0, 0.1) is 6.92 Å². The van der Waals surface area contributed by atoms with Gasteiger partial charge in [-0.2, -0.15) is 0 Å². The van der Waals surface area contributed by atoms with Gasteiger partial charge in [0.2, 0.25) is 0 Å². The fourth-order valence-corrected chi connectivity index (χ4v) is 3.34. The van der Waals surface area contributed by atoms with E-state index in [1.54, 1.807) is 0 Å². The highest BCUT2D eigenvalue weighted by atomic mass is 32.1. The average molecular weight is 375 g/mol. The van der Waals surface area contributed by atoms with Gasteiger partial charge in [-0.3, -0.25) is 0 Å². The summed E-state index contributed by atoms with van der Waals surface area (Å²) in [6, 6.07) is 27.4. The lowest BCUT2D eigenvalue weighted by atomic mass is 9.97. The van der Waals surface area contributed by atoms with Gasteiger partial charge in [0, 0.05) is 5.69 Å². The van der Waals surface area contributed by atoms with Crippen LogP contribution in [0.15, 0.2) is 78.9 Å². The summed E-state index contributed by atoms with van der Waals surface area (Å²) >= 11 is 5.61. The maximum absolute atomic E-state index is 5.61. The Bertz CT molecular complexity index is 886. The van der Waals surface area contributed by atoms with Crippen molar-refractivity contribution in [3.05, 3.63) is 101 Å². The third-order valence-corrected chi connectivity index (χ3v) is 4.84. The maximum Gasteiger partial charge on any atom is 0.171 e. The van der Waals surface area contributed by atoms with E-state index < -0.39 is 0 Å². The highest BCUT2D eigenvalue weighted by molar-refractivity contribution is 7.80. The Morgan fingerprint density at radius 1 is 0.778 bits per heavy atom. The summed E-state index contributed by atoms with van der Waals surface area (Å²) in [4.78, 5) is 0. The van der Waals surface area contributed by atoms with Gasteiger partial charge in [0.25, 0.3) is 0 Å². The molecule has 3 heteroatoms. The predicted molar refractivity (Wildman–Crippen MR) is 119 cm³/mol. The highest BCUT2D eigenvalue weighted by Gasteiger charge is 2.15. The summed E-state index contributed by atoms with van der Waals surface area (Å²) in [5.74, 6) is 0.521. The van der Waals surface area contributed by atoms with Gasteiger partial charge in [-0.25, -0.2) is 0 Å². The average Bonchev–Trinajstić information content (AvgIpc) is 2.67. The lowest BCUT2D eigenvalue weighted by molar-refractivity contribution is 0.767. The standard InChI is InChI=1S/C24H26N2S/c1-17(2)19-12-14-22(15-13-19)25-24(27)26-23(20-9-5-4-6-10-20)21-11-7-8-18(3)16-21/h4-17,23H,1-3H3,(H2,25,26,27)/t23-/m0/s1. The fourth-order valence-electron chi connectivity index (χ4n) is 3.10. The van der Waals surface area contributed by atoms with Crippen molar-refractivity contribution >= 4 is 23.0 Å². The minimum absolute atomic E-state index is 0.000960. The summed E-state index contributed by atoms with van der Waals surface area (Å²) < 4.78 is 0. The van der Waals surface area contributed by atoms with E-state index in [1.807, 2.05) is 6.07 Å². The molecule has 27 heavy (non-hydrogen) atoms. The van der Waals surface area contributed by atoms with E-state index >= 15 is 0 Å². The summed E-state index contributed by atoms with van der Waals surface area (Å²) in [7, 11) is 0. The van der Waals surface area contributed by atoms with Crippen LogP contribution in [-0.2, 0) is 0 Å². The molecule has 3 aromatic rings. The van der Waals surface area contributed by atoms with Crippen molar-refractivity contribution in [2.24, 2.45) is 0 Å². The second kappa shape index (κ2) is 8.83. The minimum atomic E-state index is 0.000960. The van der Waals surface area contributed by atoms with Gasteiger partial charge in [0.15, 0.2) is 5.11 Å². The van der Waals surface area contributed by atoms with E-state index in [2.05, 4.69) is 104 Å². The molecule has 2 nitrogen and oxygen atoms in total. The molecular weight excluding hydrogens is 348 g/mol. The summed E-state index contributed by atoms with van der Waals surface area (Å²) in [6.45, 7) is 6.50. The lowest BCUT2D eigenvalue weighted by Gasteiger charge is -2.22. The molecule has 0 aliphatic carbocycles. The molecule has 0 aliphatic heterocycles. The van der Waals surface area contributed by atoms with Crippen molar-refractivity contribution in [2.45, 2.75) is 32.7 Å². The third-order valence-electron chi connectivity index (χ3n) is 4.62. The molecule has 3 rings (SSSR count).